The summed E-state index contributed by atoms with van der Waals surface area (Å²) in [5.41, 5.74) is 6.25. The lowest BCUT2D eigenvalue weighted by Crippen LogP contribution is -2.48. The van der Waals surface area contributed by atoms with Gasteiger partial charge in [0, 0.05) is 10.0 Å². The van der Waals surface area contributed by atoms with E-state index >= 15 is 0 Å². The quantitative estimate of drug-likeness (QED) is 0.652. The molecular weight excluding hydrogens is 427 g/mol. The van der Waals surface area contributed by atoms with E-state index in [1.54, 1.807) is 24.3 Å². The van der Waals surface area contributed by atoms with Crippen molar-refractivity contribution in [3.05, 3.63) is 56.5 Å². The number of hydrazine groups is 1. The number of amides is 2. The van der Waals surface area contributed by atoms with Gasteiger partial charge in [-0.05, 0) is 62.2 Å². The van der Waals surface area contributed by atoms with E-state index in [0.29, 0.717) is 21.5 Å². The van der Waals surface area contributed by atoms with Gasteiger partial charge in [0.1, 0.15) is 11.5 Å². The first-order chi connectivity index (χ1) is 13.2. The molecule has 0 fully saturated rings. The van der Waals surface area contributed by atoms with E-state index in [2.05, 4.69) is 10.9 Å². The van der Waals surface area contributed by atoms with Crippen LogP contribution in [0.1, 0.15) is 18.1 Å². The van der Waals surface area contributed by atoms with E-state index in [-0.39, 0.29) is 11.6 Å². The molecule has 0 aliphatic carbocycles. The predicted molar refractivity (Wildman–Crippen MR) is 109 cm³/mol. The van der Waals surface area contributed by atoms with Crippen molar-refractivity contribution in [2.45, 2.75) is 26.9 Å². The number of hydrogen-bond donors (Lipinski definition) is 2. The van der Waals surface area contributed by atoms with Crippen LogP contribution in [0.3, 0.4) is 0 Å². The molecule has 0 saturated carbocycles. The van der Waals surface area contributed by atoms with Crippen molar-refractivity contribution in [3.63, 3.8) is 0 Å². The van der Waals surface area contributed by atoms with Gasteiger partial charge >= 0.3 is 0 Å². The van der Waals surface area contributed by atoms with Crippen LogP contribution in [0.25, 0.3) is 0 Å². The summed E-state index contributed by atoms with van der Waals surface area (Å²) in [5.74, 6) is -0.246. The molecule has 150 valence electrons. The average Bonchev–Trinajstić information content (AvgIpc) is 2.65. The lowest BCUT2D eigenvalue weighted by Gasteiger charge is -2.16. The number of hydrogen-bond acceptors (Lipinski definition) is 4. The van der Waals surface area contributed by atoms with Crippen LogP contribution in [-0.2, 0) is 9.59 Å². The van der Waals surface area contributed by atoms with Crippen LogP contribution in [0.4, 0.5) is 0 Å². The minimum absolute atomic E-state index is 0.276. The summed E-state index contributed by atoms with van der Waals surface area (Å²) >= 11 is 17.8. The Morgan fingerprint density at radius 2 is 1.64 bits per heavy atom. The summed E-state index contributed by atoms with van der Waals surface area (Å²) in [6, 6.07) is 8.02. The fourth-order valence-corrected chi connectivity index (χ4v) is 2.80. The van der Waals surface area contributed by atoms with Gasteiger partial charge in [0.2, 0.25) is 0 Å². The molecule has 2 N–H and O–H groups in total. The minimum Gasteiger partial charge on any atom is -0.483 e. The van der Waals surface area contributed by atoms with Crippen LogP contribution >= 0.6 is 34.8 Å². The van der Waals surface area contributed by atoms with E-state index in [1.807, 2.05) is 13.8 Å². The number of ether oxygens (including phenoxy) is 2. The Hall–Kier alpha value is -2.15. The highest BCUT2D eigenvalue weighted by molar-refractivity contribution is 6.35. The zero-order valence-electron chi connectivity index (χ0n) is 15.4. The van der Waals surface area contributed by atoms with E-state index < -0.39 is 17.9 Å². The van der Waals surface area contributed by atoms with Gasteiger partial charge in [-0.1, -0.05) is 34.8 Å². The van der Waals surface area contributed by atoms with Gasteiger partial charge in [-0.15, -0.1) is 0 Å². The van der Waals surface area contributed by atoms with E-state index in [0.717, 1.165) is 11.1 Å². The average molecular weight is 446 g/mol. The Morgan fingerprint density at radius 1 is 0.964 bits per heavy atom. The fraction of sp³-hybridized carbons (Fsp3) is 0.263. The molecule has 0 aliphatic rings. The minimum atomic E-state index is -0.902. The van der Waals surface area contributed by atoms with Crippen LogP contribution in [0, 0.1) is 13.8 Å². The summed E-state index contributed by atoms with van der Waals surface area (Å²) in [6.45, 7) is 4.94. The van der Waals surface area contributed by atoms with E-state index in [4.69, 9.17) is 44.3 Å². The molecule has 1 atom stereocenters. The molecule has 0 aliphatic heterocycles. The second-order valence-corrected chi connectivity index (χ2v) is 7.21. The summed E-state index contributed by atoms with van der Waals surface area (Å²) in [4.78, 5) is 24.0. The second kappa shape index (κ2) is 9.87. The Kier molecular flexibility index (Phi) is 7.80. The molecule has 0 spiro atoms. The highest BCUT2D eigenvalue weighted by atomic mass is 35.5. The van der Waals surface area contributed by atoms with Crippen molar-refractivity contribution in [3.8, 4) is 11.5 Å². The number of benzene rings is 2. The summed E-state index contributed by atoms with van der Waals surface area (Å²) in [7, 11) is 0. The van der Waals surface area contributed by atoms with Crippen LogP contribution in [0.15, 0.2) is 30.3 Å². The lowest BCUT2D eigenvalue weighted by atomic mass is 10.1. The molecule has 28 heavy (non-hydrogen) atoms. The topological polar surface area (TPSA) is 76.7 Å². The maximum Gasteiger partial charge on any atom is 0.279 e. The van der Waals surface area contributed by atoms with Gasteiger partial charge in [0.05, 0.1) is 5.02 Å². The maximum absolute atomic E-state index is 12.1. The predicted octanol–water partition coefficient (Wildman–Crippen LogP) is 4.26. The monoisotopic (exact) mass is 444 g/mol. The molecule has 0 unspecified atom stereocenters. The van der Waals surface area contributed by atoms with Crippen molar-refractivity contribution in [2.24, 2.45) is 0 Å². The largest absolute Gasteiger partial charge is 0.483 e. The van der Waals surface area contributed by atoms with Crippen molar-refractivity contribution < 1.29 is 19.1 Å². The molecule has 2 aromatic carbocycles. The molecule has 2 aromatic rings. The maximum atomic E-state index is 12.1. The molecule has 0 radical (unpaired) electrons. The molecule has 2 amide bonds. The molecule has 0 aromatic heterocycles. The second-order valence-electron chi connectivity index (χ2n) is 5.96. The Labute approximate surface area is 178 Å². The number of halogens is 3. The zero-order valence-corrected chi connectivity index (χ0v) is 17.7. The van der Waals surface area contributed by atoms with Gasteiger partial charge in [0.25, 0.3) is 11.8 Å². The molecule has 0 saturated heterocycles. The Bertz CT molecular complexity index is 890. The number of carbonyl (C=O) groups is 2. The fourth-order valence-electron chi connectivity index (χ4n) is 2.15. The van der Waals surface area contributed by atoms with Crippen LogP contribution in [0.2, 0.25) is 15.1 Å². The Morgan fingerprint density at radius 3 is 2.32 bits per heavy atom. The summed E-state index contributed by atoms with van der Waals surface area (Å²) < 4.78 is 10.9. The van der Waals surface area contributed by atoms with Gasteiger partial charge in [-0.2, -0.15) is 0 Å². The third kappa shape index (κ3) is 5.92. The molecular formula is C19H19Cl3N2O4. The summed E-state index contributed by atoms with van der Waals surface area (Å²) in [6.07, 6.45) is -0.902. The Balaban J connectivity index is 1.81. The van der Waals surface area contributed by atoms with Gasteiger partial charge in [-0.25, -0.2) is 0 Å². The SMILES string of the molecule is Cc1c(Cl)ccc(OCC(=O)NNC(=O)[C@@H](C)Oc2ccc(Cl)cc2Cl)c1C. The number of nitrogens with one attached hydrogen (secondary N) is 2. The van der Waals surface area contributed by atoms with Crippen molar-refractivity contribution in [1.82, 2.24) is 10.9 Å². The molecule has 9 heteroatoms. The highest BCUT2D eigenvalue weighted by Gasteiger charge is 2.17. The van der Waals surface area contributed by atoms with Crippen molar-refractivity contribution in [2.75, 3.05) is 6.61 Å². The first-order valence-corrected chi connectivity index (χ1v) is 9.41. The highest BCUT2D eigenvalue weighted by Crippen LogP contribution is 2.28. The lowest BCUT2D eigenvalue weighted by molar-refractivity contribution is -0.133. The van der Waals surface area contributed by atoms with Crippen molar-refractivity contribution >= 4 is 46.6 Å². The first-order valence-electron chi connectivity index (χ1n) is 8.28. The number of rotatable bonds is 6. The van der Waals surface area contributed by atoms with Crippen LogP contribution < -0.4 is 20.3 Å². The van der Waals surface area contributed by atoms with Gasteiger partial charge in [-0.3, -0.25) is 20.4 Å². The van der Waals surface area contributed by atoms with E-state index in [9.17, 15) is 9.59 Å². The first kappa shape index (κ1) is 22.1. The smallest absolute Gasteiger partial charge is 0.279 e. The normalized spacial score (nSPS) is 11.5. The van der Waals surface area contributed by atoms with E-state index in [1.165, 1.54) is 13.0 Å². The molecule has 0 bridgehead atoms. The number of carbonyl (C=O) groups excluding carboxylic acids is 2. The van der Waals surface area contributed by atoms with Crippen molar-refractivity contribution in [1.29, 1.82) is 0 Å². The standard InChI is InChI=1S/C19H19Cl3N2O4/c1-10-11(2)16(7-5-14(10)21)27-9-18(25)23-24-19(26)12(3)28-17-6-4-13(20)8-15(17)22/h4-8,12H,9H2,1-3H3,(H,23,25)(H,24,26)/t12-/m1/s1. The van der Waals surface area contributed by atoms with Gasteiger partial charge in [0.15, 0.2) is 12.7 Å². The third-order valence-corrected chi connectivity index (χ3v) is 4.86. The molecule has 6 nitrogen and oxygen atoms in total. The van der Waals surface area contributed by atoms with Crippen LogP contribution in [-0.4, -0.2) is 24.5 Å². The zero-order chi connectivity index (χ0) is 20.8. The molecule has 2 rings (SSSR count). The summed E-state index contributed by atoms with van der Waals surface area (Å²) in [5, 5.41) is 1.35. The molecule has 0 heterocycles. The third-order valence-electron chi connectivity index (χ3n) is 3.92. The van der Waals surface area contributed by atoms with Gasteiger partial charge < -0.3 is 9.47 Å². The van der Waals surface area contributed by atoms with Crippen LogP contribution in [0.5, 0.6) is 11.5 Å².